The van der Waals surface area contributed by atoms with Gasteiger partial charge in [0.1, 0.15) is 11.5 Å². The van der Waals surface area contributed by atoms with Crippen LogP contribution in [0, 0.1) is 0 Å². The molecule has 4 N–H and O–H groups in total. The summed E-state index contributed by atoms with van der Waals surface area (Å²) in [5.74, 6) is 1.39. The van der Waals surface area contributed by atoms with E-state index < -0.39 is 5.54 Å². The second kappa shape index (κ2) is 6.91. The van der Waals surface area contributed by atoms with Crippen molar-refractivity contribution in [3.05, 3.63) is 23.9 Å². The summed E-state index contributed by atoms with van der Waals surface area (Å²) in [5, 5.41) is 3.87. The summed E-state index contributed by atoms with van der Waals surface area (Å²) in [5.41, 5.74) is 6.96. The van der Waals surface area contributed by atoms with Gasteiger partial charge in [0.15, 0.2) is 0 Å². The molecule has 0 saturated heterocycles. The SMILES string of the molecule is COc1cc(OC)c2cc(CCCNC(=O)C(C)(C)N)[nH]c2c1. The number of aromatic nitrogens is 1. The van der Waals surface area contributed by atoms with E-state index in [1.54, 1.807) is 28.1 Å². The Kier molecular flexibility index (Phi) is 5.15. The number of nitrogens with one attached hydrogen (secondary N) is 2. The van der Waals surface area contributed by atoms with Crippen LogP contribution in [0.15, 0.2) is 18.2 Å². The summed E-state index contributed by atoms with van der Waals surface area (Å²) in [7, 11) is 3.27. The number of fused-ring (bicyclic) bond motifs is 1. The average Bonchev–Trinajstić information content (AvgIpc) is 2.91. The quantitative estimate of drug-likeness (QED) is 0.681. The zero-order chi connectivity index (χ0) is 17.0. The van der Waals surface area contributed by atoms with Crippen LogP contribution in [0.1, 0.15) is 26.0 Å². The molecular weight excluding hydrogens is 294 g/mol. The zero-order valence-corrected chi connectivity index (χ0v) is 14.2. The Hall–Kier alpha value is -2.21. The molecule has 126 valence electrons. The fourth-order valence-electron chi connectivity index (χ4n) is 2.37. The third kappa shape index (κ3) is 4.16. The van der Waals surface area contributed by atoms with Gasteiger partial charge in [0.25, 0.3) is 0 Å². The van der Waals surface area contributed by atoms with Gasteiger partial charge in [-0.2, -0.15) is 0 Å². The Morgan fingerprint density at radius 2 is 2.00 bits per heavy atom. The molecule has 0 unspecified atom stereocenters. The number of aryl methyl sites for hydroxylation is 1. The van der Waals surface area contributed by atoms with Crippen molar-refractivity contribution in [2.24, 2.45) is 5.73 Å². The number of aromatic amines is 1. The fourth-order valence-corrected chi connectivity index (χ4v) is 2.37. The van der Waals surface area contributed by atoms with Crippen LogP contribution in [-0.4, -0.2) is 37.2 Å². The van der Waals surface area contributed by atoms with Crippen molar-refractivity contribution in [2.45, 2.75) is 32.2 Å². The predicted octanol–water partition coefficient (Wildman–Crippen LogP) is 1.97. The molecule has 0 spiro atoms. The van der Waals surface area contributed by atoms with Crippen molar-refractivity contribution in [1.29, 1.82) is 0 Å². The van der Waals surface area contributed by atoms with Crippen LogP contribution in [0.25, 0.3) is 10.9 Å². The number of hydrogen-bond donors (Lipinski definition) is 3. The summed E-state index contributed by atoms with van der Waals surface area (Å²) in [4.78, 5) is 15.1. The number of rotatable bonds is 7. The predicted molar refractivity (Wildman–Crippen MR) is 91.0 cm³/mol. The Bertz CT molecular complexity index is 686. The molecule has 1 aromatic carbocycles. The Balaban J connectivity index is 2.00. The molecular formula is C17H25N3O3. The van der Waals surface area contributed by atoms with Crippen molar-refractivity contribution in [2.75, 3.05) is 20.8 Å². The lowest BCUT2D eigenvalue weighted by atomic mass is 10.1. The molecule has 6 heteroatoms. The summed E-state index contributed by atoms with van der Waals surface area (Å²) >= 11 is 0. The highest BCUT2D eigenvalue weighted by Gasteiger charge is 2.20. The van der Waals surface area contributed by atoms with E-state index in [2.05, 4.69) is 16.4 Å². The molecule has 0 fully saturated rings. The number of hydrogen-bond acceptors (Lipinski definition) is 4. The number of H-pyrrole nitrogens is 1. The highest BCUT2D eigenvalue weighted by Crippen LogP contribution is 2.31. The van der Waals surface area contributed by atoms with E-state index >= 15 is 0 Å². The lowest BCUT2D eigenvalue weighted by molar-refractivity contribution is -0.125. The number of benzene rings is 1. The molecule has 2 rings (SSSR count). The number of carbonyl (C=O) groups excluding carboxylic acids is 1. The zero-order valence-electron chi connectivity index (χ0n) is 14.2. The molecule has 1 amide bonds. The minimum absolute atomic E-state index is 0.138. The molecule has 0 bridgehead atoms. The van der Waals surface area contributed by atoms with Gasteiger partial charge in [-0.25, -0.2) is 0 Å². The minimum Gasteiger partial charge on any atom is -0.497 e. The van der Waals surface area contributed by atoms with E-state index in [4.69, 9.17) is 15.2 Å². The van der Waals surface area contributed by atoms with E-state index in [1.807, 2.05) is 12.1 Å². The van der Waals surface area contributed by atoms with Crippen molar-refractivity contribution in [3.8, 4) is 11.5 Å². The Morgan fingerprint density at radius 3 is 2.61 bits per heavy atom. The number of amides is 1. The third-order valence-electron chi connectivity index (χ3n) is 3.68. The molecule has 1 aromatic heterocycles. The van der Waals surface area contributed by atoms with Crippen molar-refractivity contribution < 1.29 is 14.3 Å². The van der Waals surface area contributed by atoms with Crippen molar-refractivity contribution in [3.63, 3.8) is 0 Å². The Morgan fingerprint density at radius 1 is 1.26 bits per heavy atom. The first-order valence-corrected chi connectivity index (χ1v) is 7.66. The minimum atomic E-state index is -0.842. The molecule has 1 heterocycles. The van der Waals surface area contributed by atoms with Crippen LogP contribution < -0.4 is 20.5 Å². The molecule has 2 aromatic rings. The van der Waals surface area contributed by atoms with Crippen LogP contribution >= 0.6 is 0 Å². The second-order valence-corrected chi connectivity index (χ2v) is 6.17. The van der Waals surface area contributed by atoms with E-state index in [9.17, 15) is 4.79 Å². The fraction of sp³-hybridized carbons (Fsp3) is 0.471. The van der Waals surface area contributed by atoms with Gasteiger partial charge in [0.2, 0.25) is 5.91 Å². The summed E-state index contributed by atoms with van der Waals surface area (Å²) in [6.07, 6.45) is 1.65. The summed E-state index contributed by atoms with van der Waals surface area (Å²) in [6, 6.07) is 5.88. The summed E-state index contributed by atoms with van der Waals surface area (Å²) < 4.78 is 10.7. The molecule has 0 aliphatic rings. The molecule has 0 aliphatic heterocycles. The van der Waals surface area contributed by atoms with Crippen LogP contribution in [-0.2, 0) is 11.2 Å². The second-order valence-electron chi connectivity index (χ2n) is 6.17. The van der Waals surface area contributed by atoms with Gasteiger partial charge >= 0.3 is 0 Å². The van der Waals surface area contributed by atoms with Crippen LogP contribution in [0.2, 0.25) is 0 Å². The highest BCUT2D eigenvalue weighted by molar-refractivity contribution is 5.88. The van der Waals surface area contributed by atoms with Gasteiger partial charge in [0.05, 0.1) is 25.3 Å². The highest BCUT2D eigenvalue weighted by atomic mass is 16.5. The smallest absolute Gasteiger partial charge is 0.239 e. The van der Waals surface area contributed by atoms with Gasteiger partial charge in [0, 0.05) is 29.8 Å². The normalized spacial score (nSPS) is 11.5. The van der Waals surface area contributed by atoms with Crippen molar-refractivity contribution >= 4 is 16.8 Å². The number of carbonyl (C=O) groups is 1. The molecule has 0 atom stereocenters. The number of ether oxygens (including phenoxy) is 2. The molecule has 0 saturated carbocycles. The molecule has 23 heavy (non-hydrogen) atoms. The van der Waals surface area contributed by atoms with Gasteiger partial charge < -0.3 is 25.5 Å². The third-order valence-corrected chi connectivity index (χ3v) is 3.68. The number of nitrogens with two attached hydrogens (primary N) is 1. The maximum absolute atomic E-state index is 11.7. The van der Waals surface area contributed by atoms with E-state index in [0.29, 0.717) is 6.54 Å². The molecule has 0 aliphatic carbocycles. The molecule has 0 radical (unpaired) electrons. The molecule has 6 nitrogen and oxygen atoms in total. The van der Waals surface area contributed by atoms with Gasteiger partial charge in [-0.15, -0.1) is 0 Å². The van der Waals surface area contributed by atoms with Gasteiger partial charge in [-0.3, -0.25) is 4.79 Å². The van der Waals surface area contributed by atoms with Gasteiger partial charge in [-0.1, -0.05) is 0 Å². The van der Waals surface area contributed by atoms with Gasteiger partial charge in [-0.05, 0) is 32.8 Å². The first kappa shape index (κ1) is 17.1. The van der Waals surface area contributed by atoms with Crippen molar-refractivity contribution in [1.82, 2.24) is 10.3 Å². The van der Waals surface area contributed by atoms with Crippen LogP contribution in [0.5, 0.6) is 11.5 Å². The lowest BCUT2D eigenvalue weighted by Gasteiger charge is -2.17. The van der Waals surface area contributed by atoms with E-state index in [0.717, 1.165) is 40.9 Å². The topological polar surface area (TPSA) is 89.4 Å². The number of methoxy groups -OCH3 is 2. The van der Waals surface area contributed by atoms with E-state index in [1.165, 1.54) is 0 Å². The standard InChI is InChI=1S/C17H25N3O3/c1-17(2,18)16(21)19-7-5-6-11-8-13-14(20-11)9-12(22-3)10-15(13)23-4/h8-10,20H,5-7,18H2,1-4H3,(H,19,21). The van der Waals surface area contributed by atoms with Crippen LogP contribution in [0.3, 0.4) is 0 Å². The first-order chi connectivity index (χ1) is 10.8. The van der Waals surface area contributed by atoms with Crippen LogP contribution in [0.4, 0.5) is 0 Å². The Labute approximate surface area is 136 Å². The monoisotopic (exact) mass is 319 g/mol. The maximum atomic E-state index is 11.7. The van der Waals surface area contributed by atoms with E-state index in [-0.39, 0.29) is 5.91 Å². The lowest BCUT2D eigenvalue weighted by Crippen LogP contribution is -2.49. The summed E-state index contributed by atoms with van der Waals surface area (Å²) in [6.45, 7) is 3.98. The first-order valence-electron chi connectivity index (χ1n) is 7.66. The maximum Gasteiger partial charge on any atom is 0.239 e. The average molecular weight is 319 g/mol. The largest absolute Gasteiger partial charge is 0.497 e.